The summed E-state index contributed by atoms with van der Waals surface area (Å²) in [5.74, 6) is -1.81. The second kappa shape index (κ2) is 8.02. The van der Waals surface area contributed by atoms with Crippen molar-refractivity contribution >= 4 is 16.6 Å². The molecule has 0 amide bonds. The molecule has 0 radical (unpaired) electrons. The minimum atomic E-state index is -2.59. The van der Waals surface area contributed by atoms with E-state index in [1.54, 1.807) is 6.92 Å². The van der Waals surface area contributed by atoms with Gasteiger partial charge in [-0.2, -0.15) is 0 Å². The van der Waals surface area contributed by atoms with Crippen LogP contribution in [0.4, 0.5) is 8.78 Å². The SMILES string of the molecule is CC(=O)C1CN(Cc2ccc3cc(OC4CCC(C(C)(F)F)CC4)ccc3c2)C1. The average molecular weight is 401 g/mol. The number of ketones is 1. The Morgan fingerprint density at radius 3 is 2.38 bits per heavy atom. The summed E-state index contributed by atoms with van der Waals surface area (Å²) in [4.78, 5) is 13.7. The van der Waals surface area contributed by atoms with E-state index in [1.807, 2.05) is 12.1 Å². The van der Waals surface area contributed by atoms with Gasteiger partial charge in [0.1, 0.15) is 11.5 Å². The zero-order valence-electron chi connectivity index (χ0n) is 17.2. The summed E-state index contributed by atoms with van der Waals surface area (Å²) in [5, 5.41) is 2.28. The molecule has 0 unspecified atom stereocenters. The molecule has 2 fully saturated rings. The Hall–Kier alpha value is -2.01. The van der Waals surface area contributed by atoms with Crippen LogP contribution in [-0.4, -0.2) is 35.8 Å². The van der Waals surface area contributed by atoms with E-state index in [1.165, 1.54) is 5.56 Å². The van der Waals surface area contributed by atoms with Crippen molar-refractivity contribution in [3.05, 3.63) is 42.0 Å². The second-order valence-electron chi connectivity index (χ2n) is 8.89. The lowest BCUT2D eigenvalue weighted by Gasteiger charge is -2.37. The van der Waals surface area contributed by atoms with Crippen LogP contribution in [0.3, 0.4) is 0 Å². The lowest BCUT2D eigenvalue weighted by molar-refractivity contribution is -0.126. The summed E-state index contributed by atoms with van der Waals surface area (Å²) in [6.07, 6.45) is 2.42. The molecule has 0 aromatic heterocycles. The Morgan fingerprint density at radius 2 is 1.72 bits per heavy atom. The van der Waals surface area contributed by atoms with Crippen molar-refractivity contribution in [1.29, 1.82) is 0 Å². The van der Waals surface area contributed by atoms with Gasteiger partial charge in [0.25, 0.3) is 0 Å². The molecular formula is C24H29F2NO2. The molecule has 0 atom stereocenters. The Labute approximate surface area is 171 Å². The smallest absolute Gasteiger partial charge is 0.248 e. The van der Waals surface area contributed by atoms with Crippen LogP contribution < -0.4 is 4.74 Å². The van der Waals surface area contributed by atoms with E-state index in [0.717, 1.165) is 43.1 Å². The largest absolute Gasteiger partial charge is 0.490 e. The highest BCUT2D eigenvalue weighted by Gasteiger charge is 2.37. The first-order chi connectivity index (χ1) is 13.8. The number of Topliss-reactive ketones (excluding diaryl/α,β-unsaturated/α-hetero) is 1. The van der Waals surface area contributed by atoms with Crippen molar-refractivity contribution in [3.8, 4) is 5.75 Å². The molecule has 156 valence electrons. The molecule has 3 nitrogen and oxygen atoms in total. The molecule has 1 saturated carbocycles. The van der Waals surface area contributed by atoms with Gasteiger partial charge in [0, 0.05) is 31.5 Å². The topological polar surface area (TPSA) is 29.5 Å². The van der Waals surface area contributed by atoms with Crippen LogP contribution in [-0.2, 0) is 11.3 Å². The van der Waals surface area contributed by atoms with E-state index < -0.39 is 11.8 Å². The highest BCUT2D eigenvalue weighted by atomic mass is 19.3. The van der Waals surface area contributed by atoms with E-state index in [0.29, 0.717) is 25.7 Å². The molecule has 0 spiro atoms. The fraction of sp³-hybridized carbons (Fsp3) is 0.542. The Morgan fingerprint density at radius 1 is 1.07 bits per heavy atom. The predicted octanol–water partition coefficient (Wildman–Crippen LogP) is 5.45. The maximum Gasteiger partial charge on any atom is 0.248 e. The maximum atomic E-state index is 13.5. The standard InChI is InChI=1S/C24H29F2NO2/c1-16(28)20-14-27(15-20)13-17-3-4-19-12-23(8-5-18(19)11-17)29-22-9-6-21(7-10-22)24(2,25)26/h3-5,8,11-12,20-22H,6-7,9-10,13-15H2,1-2H3. The van der Waals surface area contributed by atoms with Crippen molar-refractivity contribution in [3.63, 3.8) is 0 Å². The van der Waals surface area contributed by atoms with Gasteiger partial charge in [-0.25, -0.2) is 8.78 Å². The van der Waals surface area contributed by atoms with Crippen LogP contribution in [0.15, 0.2) is 36.4 Å². The number of carbonyl (C=O) groups excluding carboxylic acids is 1. The van der Waals surface area contributed by atoms with Crippen LogP contribution in [0.25, 0.3) is 10.8 Å². The first-order valence-electron chi connectivity index (χ1n) is 10.6. The number of nitrogens with zero attached hydrogens (tertiary/aromatic N) is 1. The van der Waals surface area contributed by atoms with E-state index >= 15 is 0 Å². The molecule has 4 rings (SSSR count). The Bertz CT molecular complexity index is 878. The predicted molar refractivity (Wildman–Crippen MR) is 110 cm³/mol. The van der Waals surface area contributed by atoms with E-state index in [2.05, 4.69) is 29.2 Å². The first-order valence-corrected chi connectivity index (χ1v) is 10.6. The monoisotopic (exact) mass is 401 g/mol. The summed E-state index contributed by atoms with van der Waals surface area (Å²) >= 11 is 0. The van der Waals surface area contributed by atoms with Gasteiger partial charge < -0.3 is 4.74 Å². The number of alkyl halides is 2. The number of benzene rings is 2. The molecule has 29 heavy (non-hydrogen) atoms. The highest BCUT2D eigenvalue weighted by molar-refractivity contribution is 5.84. The Balaban J connectivity index is 1.35. The lowest BCUT2D eigenvalue weighted by Crippen LogP contribution is -2.48. The summed E-state index contributed by atoms with van der Waals surface area (Å²) in [6.45, 7) is 5.27. The number of rotatable bonds is 6. The van der Waals surface area contributed by atoms with Crippen LogP contribution >= 0.6 is 0 Å². The van der Waals surface area contributed by atoms with Crippen LogP contribution in [0, 0.1) is 11.8 Å². The van der Waals surface area contributed by atoms with E-state index in [9.17, 15) is 13.6 Å². The zero-order valence-corrected chi connectivity index (χ0v) is 17.2. The molecule has 2 aromatic rings. The van der Waals surface area contributed by atoms with Gasteiger partial charge in [-0.15, -0.1) is 0 Å². The lowest BCUT2D eigenvalue weighted by atomic mass is 9.84. The van der Waals surface area contributed by atoms with Crippen LogP contribution in [0.2, 0.25) is 0 Å². The van der Waals surface area contributed by atoms with Gasteiger partial charge >= 0.3 is 0 Å². The number of hydrogen-bond donors (Lipinski definition) is 0. The number of ether oxygens (including phenoxy) is 1. The normalized spacial score (nSPS) is 23.7. The van der Waals surface area contributed by atoms with Gasteiger partial charge in [0.15, 0.2) is 0 Å². The van der Waals surface area contributed by atoms with Gasteiger partial charge in [0.2, 0.25) is 5.92 Å². The minimum absolute atomic E-state index is 0.0194. The molecule has 1 saturated heterocycles. The number of hydrogen-bond acceptors (Lipinski definition) is 3. The molecule has 5 heteroatoms. The van der Waals surface area contributed by atoms with Gasteiger partial charge in [-0.1, -0.05) is 18.2 Å². The van der Waals surface area contributed by atoms with Crippen molar-refractivity contribution in [1.82, 2.24) is 4.90 Å². The average Bonchev–Trinajstić information content (AvgIpc) is 2.63. The van der Waals surface area contributed by atoms with Gasteiger partial charge in [-0.05, 0) is 74.1 Å². The molecular weight excluding hydrogens is 372 g/mol. The molecule has 2 aromatic carbocycles. The van der Waals surface area contributed by atoms with Crippen LogP contribution in [0.1, 0.15) is 45.1 Å². The fourth-order valence-corrected chi connectivity index (χ4v) is 4.54. The molecule has 2 aliphatic rings. The van der Waals surface area contributed by atoms with E-state index in [4.69, 9.17) is 4.74 Å². The number of carbonyl (C=O) groups is 1. The summed E-state index contributed by atoms with van der Waals surface area (Å²) in [7, 11) is 0. The fourth-order valence-electron chi connectivity index (χ4n) is 4.54. The molecule has 0 N–H and O–H groups in total. The maximum absolute atomic E-state index is 13.5. The van der Waals surface area contributed by atoms with E-state index in [-0.39, 0.29) is 17.8 Å². The summed E-state index contributed by atoms with van der Waals surface area (Å²) < 4.78 is 33.0. The number of fused-ring (bicyclic) bond motifs is 1. The third-order valence-electron chi connectivity index (χ3n) is 6.51. The van der Waals surface area contributed by atoms with Crippen molar-refractivity contribution in [2.45, 2.75) is 58.1 Å². The molecule has 1 aliphatic carbocycles. The van der Waals surface area contributed by atoms with Crippen molar-refractivity contribution in [2.75, 3.05) is 13.1 Å². The highest BCUT2D eigenvalue weighted by Crippen LogP contribution is 2.37. The second-order valence-corrected chi connectivity index (χ2v) is 8.89. The van der Waals surface area contributed by atoms with Crippen molar-refractivity contribution < 1.29 is 18.3 Å². The first kappa shape index (κ1) is 20.3. The number of halogens is 2. The van der Waals surface area contributed by atoms with Gasteiger partial charge in [0.05, 0.1) is 6.10 Å². The minimum Gasteiger partial charge on any atom is -0.490 e. The molecule has 0 bridgehead atoms. The zero-order chi connectivity index (χ0) is 20.6. The quantitative estimate of drug-likeness (QED) is 0.644. The Kier molecular flexibility index (Phi) is 5.60. The van der Waals surface area contributed by atoms with Crippen molar-refractivity contribution in [2.24, 2.45) is 11.8 Å². The summed E-state index contributed by atoms with van der Waals surface area (Å²) in [5.41, 5.74) is 1.24. The van der Waals surface area contributed by atoms with Gasteiger partial charge in [-0.3, -0.25) is 9.69 Å². The molecule has 1 heterocycles. The third-order valence-corrected chi connectivity index (χ3v) is 6.51. The molecule has 1 aliphatic heterocycles. The summed E-state index contributed by atoms with van der Waals surface area (Å²) in [6, 6.07) is 12.5. The third kappa shape index (κ3) is 4.77. The van der Waals surface area contributed by atoms with Crippen LogP contribution in [0.5, 0.6) is 5.75 Å². The number of likely N-dealkylation sites (tertiary alicyclic amines) is 1.